The number of carbonyl (C=O) groups is 3. The lowest BCUT2D eigenvalue weighted by Crippen LogP contribution is -2.25. The molecule has 0 bridgehead atoms. The summed E-state index contributed by atoms with van der Waals surface area (Å²) >= 11 is 0. The summed E-state index contributed by atoms with van der Waals surface area (Å²) in [5.74, 6) is -2.01. The number of fused-ring (bicyclic) bond motifs is 3. The fourth-order valence-corrected chi connectivity index (χ4v) is 3.32. The van der Waals surface area contributed by atoms with Crippen LogP contribution in [0.5, 0.6) is 5.75 Å². The van der Waals surface area contributed by atoms with Crippen molar-refractivity contribution in [3.05, 3.63) is 77.4 Å². The minimum absolute atomic E-state index is 0.324. The highest BCUT2D eigenvalue weighted by Gasteiger charge is 2.44. The van der Waals surface area contributed by atoms with E-state index in [1.54, 1.807) is 42.5 Å². The monoisotopic (exact) mass is 330 g/mol. The molecule has 0 saturated heterocycles. The number of ketones is 3. The second kappa shape index (κ2) is 5.67. The van der Waals surface area contributed by atoms with Crippen LogP contribution in [0.4, 0.5) is 0 Å². The summed E-state index contributed by atoms with van der Waals surface area (Å²) in [5.41, 5.74) is 1.01. The average Bonchev–Trinajstić information content (AvgIpc) is 2.92. The first-order chi connectivity index (χ1) is 12.1. The zero-order chi connectivity index (χ0) is 17.6. The van der Waals surface area contributed by atoms with Gasteiger partial charge in [-0.15, -0.1) is 0 Å². The molecule has 1 unspecified atom stereocenters. The van der Waals surface area contributed by atoms with E-state index in [0.717, 1.165) is 5.39 Å². The van der Waals surface area contributed by atoms with Crippen LogP contribution >= 0.6 is 0 Å². The Labute approximate surface area is 144 Å². The highest BCUT2D eigenvalue weighted by Crippen LogP contribution is 2.34. The number of ether oxygens (including phenoxy) is 1. The number of Topliss-reactive ketones (excluding diaryl/α,β-unsaturated/α-hetero) is 3. The number of methoxy groups -OCH3 is 1. The van der Waals surface area contributed by atoms with E-state index in [1.807, 2.05) is 18.2 Å². The first-order valence-corrected chi connectivity index (χ1v) is 7.90. The number of carbonyl (C=O) groups excluding carboxylic acids is 3. The van der Waals surface area contributed by atoms with Gasteiger partial charge in [-0.3, -0.25) is 14.4 Å². The maximum atomic E-state index is 12.9. The van der Waals surface area contributed by atoms with Crippen molar-refractivity contribution in [1.29, 1.82) is 0 Å². The van der Waals surface area contributed by atoms with Gasteiger partial charge in [-0.1, -0.05) is 30.3 Å². The van der Waals surface area contributed by atoms with E-state index in [-0.39, 0.29) is 0 Å². The van der Waals surface area contributed by atoms with Gasteiger partial charge in [0.05, 0.1) is 7.11 Å². The van der Waals surface area contributed by atoms with Crippen molar-refractivity contribution >= 4 is 28.1 Å². The third-order valence-electron chi connectivity index (χ3n) is 4.60. The molecule has 0 N–H and O–H groups in total. The molecule has 0 aromatic heterocycles. The average molecular weight is 330 g/mol. The van der Waals surface area contributed by atoms with Gasteiger partial charge < -0.3 is 4.74 Å². The predicted molar refractivity (Wildman–Crippen MR) is 93.4 cm³/mol. The molecule has 25 heavy (non-hydrogen) atoms. The number of benzene rings is 3. The minimum atomic E-state index is -1.30. The van der Waals surface area contributed by atoms with Crippen LogP contribution in [0.3, 0.4) is 0 Å². The van der Waals surface area contributed by atoms with Gasteiger partial charge in [0.1, 0.15) is 11.7 Å². The molecular formula is C21H14O4. The molecule has 0 saturated carbocycles. The van der Waals surface area contributed by atoms with Crippen LogP contribution in [0.25, 0.3) is 10.8 Å². The highest BCUT2D eigenvalue weighted by molar-refractivity contribution is 6.40. The van der Waals surface area contributed by atoms with Crippen molar-refractivity contribution in [3.8, 4) is 5.75 Å². The molecule has 3 aromatic carbocycles. The SMILES string of the molecule is COc1ccc(C(=O)C2C(=O)c3ccc4ccccc4c3C2=O)cc1. The van der Waals surface area contributed by atoms with Crippen molar-refractivity contribution < 1.29 is 19.1 Å². The predicted octanol–water partition coefficient (Wildman–Crippen LogP) is 3.73. The first-order valence-electron chi connectivity index (χ1n) is 7.90. The van der Waals surface area contributed by atoms with E-state index in [9.17, 15) is 14.4 Å². The maximum Gasteiger partial charge on any atom is 0.182 e. The zero-order valence-corrected chi connectivity index (χ0v) is 13.5. The van der Waals surface area contributed by atoms with Crippen LogP contribution in [0.1, 0.15) is 31.1 Å². The largest absolute Gasteiger partial charge is 0.497 e. The molecule has 0 radical (unpaired) electrons. The normalized spacial score (nSPS) is 16.1. The van der Waals surface area contributed by atoms with Crippen LogP contribution in [-0.4, -0.2) is 24.5 Å². The summed E-state index contributed by atoms with van der Waals surface area (Å²) in [7, 11) is 1.53. The summed E-state index contributed by atoms with van der Waals surface area (Å²) in [5, 5.41) is 1.59. The van der Waals surface area contributed by atoms with Crippen LogP contribution in [0.2, 0.25) is 0 Å². The molecule has 4 nitrogen and oxygen atoms in total. The molecule has 1 atom stereocenters. The molecule has 0 fully saturated rings. The minimum Gasteiger partial charge on any atom is -0.497 e. The van der Waals surface area contributed by atoms with Crippen molar-refractivity contribution in [1.82, 2.24) is 0 Å². The van der Waals surface area contributed by atoms with Crippen LogP contribution < -0.4 is 4.74 Å². The Morgan fingerprint density at radius 3 is 2.32 bits per heavy atom. The van der Waals surface area contributed by atoms with Crippen LogP contribution in [0, 0.1) is 5.92 Å². The second-order valence-electron chi connectivity index (χ2n) is 5.96. The third kappa shape index (κ3) is 2.26. The lowest BCUT2D eigenvalue weighted by atomic mass is 9.93. The Kier molecular flexibility index (Phi) is 3.46. The standard InChI is InChI=1S/C21H14O4/c1-25-14-9-6-13(7-10-14)19(22)18-20(23)16-11-8-12-4-2-3-5-15(12)17(16)21(18)24/h2-11,18H,1H3. The van der Waals surface area contributed by atoms with Gasteiger partial charge in [0.15, 0.2) is 17.3 Å². The fourth-order valence-electron chi connectivity index (χ4n) is 3.32. The smallest absolute Gasteiger partial charge is 0.182 e. The Morgan fingerprint density at radius 2 is 1.60 bits per heavy atom. The maximum absolute atomic E-state index is 12.9. The van der Waals surface area contributed by atoms with E-state index < -0.39 is 23.3 Å². The molecule has 1 aliphatic rings. The summed E-state index contributed by atoms with van der Waals surface area (Å²) in [6.45, 7) is 0. The Morgan fingerprint density at radius 1 is 0.880 bits per heavy atom. The summed E-state index contributed by atoms with van der Waals surface area (Å²) in [6, 6.07) is 17.2. The molecule has 4 heteroatoms. The lowest BCUT2D eigenvalue weighted by molar-refractivity contribution is 0.0757. The third-order valence-corrected chi connectivity index (χ3v) is 4.60. The Hall–Kier alpha value is -3.27. The van der Waals surface area contributed by atoms with Gasteiger partial charge in [0.25, 0.3) is 0 Å². The molecule has 3 aromatic rings. The first kappa shape index (κ1) is 15.3. The van der Waals surface area contributed by atoms with Crippen LogP contribution in [-0.2, 0) is 0 Å². The molecular weight excluding hydrogens is 316 g/mol. The fraction of sp³-hybridized carbons (Fsp3) is 0.0952. The van der Waals surface area contributed by atoms with Crippen LogP contribution in [0.15, 0.2) is 60.7 Å². The van der Waals surface area contributed by atoms with Gasteiger partial charge in [-0.05, 0) is 41.1 Å². The van der Waals surface area contributed by atoms with Crippen molar-refractivity contribution in [2.45, 2.75) is 0 Å². The van der Waals surface area contributed by atoms with Gasteiger partial charge in [0, 0.05) is 16.7 Å². The molecule has 1 aliphatic carbocycles. The van der Waals surface area contributed by atoms with E-state index in [2.05, 4.69) is 0 Å². The summed E-state index contributed by atoms with van der Waals surface area (Å²) in [6.07, 6.45) is 0. The zero-order valence-electron chi connectivity index (χ0n) is 13.5. The topological polar surface area (TPSA) is 60.4 Å². The van der Waals surface area contributed by atoms with E-state index >= 15 is 0 Å². The van der Waals surface area contributed by atoms with Gasteiger partial charge >= 0.3 is 0 Å². The second-order valence-corrected chi connectivity index (χ2v) is 5.96. The Balaban J connectivity index is 1.79. The molecule has 0 spiro atoms. The molecule has 4 rings (SSSR count). The van der Waals surface area contributed by atoms with Crippen molar-refractivity contribution in [3.63, 3.8) is 0 Å². The van der Waals surface area contributed by atoms with Gasteiger partial charge in [0.2, 0.25) is 0 Å². The van der Waals surface area contributed by atoms with Crippen molar-refractivity contribution in [2.75, 3.05) is 7.11 Å². The summed E-state index contributed by atoms with van der Waals surface area (Å²) in [4.78, 5) is 38.4. The summed E-state index contributed by atoms with van der Waals surface area (Å²) < 4.78 is 5.07. The number of hydrogen-bond donors (Lipinski definition) is 0. The molecule has 0 heterocycles. The highest BCUT2D eigenvalue weighted by atomic mass is 16.5. The number of rotatable bonds is 3. The molecule has 0 amide bonds. The molecule has 122 valence electrons. The van der Waals surface area contributed by atoms with Crippen molar-refractivity contribution in [2.24, 2.45) is 5.92 Å². The van der Waals surface area contributed by atoms with E-state index in [1.165, 1.54) is 7.11 Å². The van der Waals surface area contributed by atoms with E-state index in [4.69, 9.17) is 4.74 Å². The quantitative estimate of drug-likeness (QED) is 0.542. The number of hydrogen-bond acceptors (Lipinski definition) is 4. The van der Waals surface area contributed by atoms with Gasteiger partial charge in [-0.25, -0.2) is 0 Å². The molecule has 0 aliphatic heterocycles. The van der Waals surface area contributed by atoms with Gasteiger partial charge in [-0.2, -0.15) is 0 Å². The lowest BCUT2D eigenvalue weighted by Gasteiger charge is -2.07. The Bertz CT molecular complexity index is 1030. The van der Waals surface area contributed by atoms with E-state index in [0.29, 0.717) is 27.8 Å².